The van der Waals surface area contributed by atoms with Gasteiger partial charge in [-0.1, -0.05) is 19.1 Å². The second kappa shape index (κ2) is 6.80. The van der Waals surface area contributed by atoms with Gasteiger partial charge in [0.05, 0.1) is 18.1 Å². The van der Waals surface area contributed by atoms with Gasteiger partial charge in [-0.3, -0.25) is 0 Å². The normalized spacial score (nSPS) is 13.3. The molecule has 0 saturated heterocycles. The average molecular weight is 297 g/mol. The molecule has 0 saturated carbocycles. The molecule has 2 aromatic rings. The lowest BCUT2D eigenvalue weighted by Gasteiger charge is -2.17. The standard InChI is InChI=1S/C16H18F3NO/c1-2-20-15(10-13-7-8-21-11-13)9-12-3-5-14(6-4-12)16(17,18)19/h3-8,11,15,20H,2,9-10H2,1H3. The summed E-state index contributed by atoms with van der Waals surface area (Å²) >= 11 is 0. The summed E-state index contributed by atoms with van der Waals surface area (Å²) in [6, 6.07) is 7.43. The van der Waals surface area contributed by atoms with Crippen LogP contribution >= 0.6 is 0 Å². The van der Waals surface area contributed by atoms with Crippen LogP contribution in [-0.4, -0.2) is 12.6 Å². The molecule has 1 unspecified atom stereocenters. The van der Waals surface area contributed by atoms with Crippen molar-refractivity contribution in [3.63, 3.8) is 0 Å². The van der Waals surface area contributed by atoms with E-state index in [1.807, 2.05) is 13.0 Å². The van der Waals surface area contributed by atoms with Gasteiger partial charge >= 0.3 is 6.18 Å². The van der Waals surface area contributed by atoms with E-state index < -0.39 is 11.7 Å². The maximum absolute atomic E-state index is 12.5. The van der Waals surface area contributed by atoms with Crippen LogP contribution in [0.4, 0.5) is 13.2 Å². The fraction of sp³-hybridized carbons (Fsp3) is 0.375. The largest absolute Gasteiger partial charge is 0.472 e. The number of likely N-dealkylation sites (N-methyl/N-ethyl adjacent to an activating group) is 1. The van der Waals surface area contributed by atoms with Gasteiger partial charge in [-0.25, -0.2) is 0 Å². The van der Waals surface area contributed by atoms with Crippen molar-refractivity contribution in [2.75, 3.05) is 6.54 Å². The van der Waals surface area contributed by atoms with Crippen LogP contribution in [0, 0.1) is 0 Å². The molecule has 2 rings (SSSR count). The smallest absolute Gasteiger partial charge is 0.416 e. The Morgan fingerprint density at radius 1 is 1.05 bits per heavy atom. The summed E-state index contributed by atoms with van der Waals surface area (Å²) in [6.07, 6.45) is 0.493. The number of alkyl halides is 3. The Morgan fingerprint density at radius 3 is 2.24 bits per heavy atom. The maximum atomic E-state index is 12.5. The van der Waals surface area contributed by atoms with E-state index in [1.165, 1.54) is 0 Å². The molecule has 5 heteroatoms. The Morgan fingerprint density at radius 2 is 1.71 bits per heavy atom. The van der Waals surface area contributed by atoms with Gasteiger partial charge in [0.25, 0.3) is 0 Å². The fourth-order valence-electron chi connectivity index (χ4n) is 2.31. The molecule has 21 heavy (non-hydrogen) atoms. The summed E-state index contributed by atoms with van der Waals surface area (Å²) in [7, 11) is 0. The molecule has 2 nitrogen and oxygen atoms in total. The van der Waals surface area contributed by atoms with Gasteiger partial charge in [-0.05, 0) is 48.7 Å². The molecular formula is C16H18F3NO. The summed E-state index contributed by atoms with van der Waals surface area (Å²) in [4.78, 5) is 0. The summed E-state index contributed by atoms with van der Waals surface area (Å²) in [5, 5.41) is 3.35. The molecular weight excluding hydrogens is 279 g/mol. The first kappa shape index (κ1) is 15.6. The third-order valence-corrected chi connectivity index (χ3v) is 3.32. The van der Waals surface area contributed by atoms with Crippen molar-refractivity contribution in [2.45, 2.75) is 32.0 Å². The van der Waals surface area contributed by atoms with Crippen LogP contribution in [0.2, 0.25) is 0 Å². The molecule has 0 fully saturated rings. The molecule has 1 N–H and O–H groups in total. The Kier molecular flexibility index (Phi) is 5.07. The van der Waals surface area contributed by atoms with E-state index >= 15 is 0 Å². The maximum Gasteiger partial charge on any atom is 0.416 e. The highest BCUT2D eigenvalue weighted by molar-refractivity contribution is 5.25. The Hall–Kier alpha value is -1.75. The van der Waals surface area contributed by atoms with Crippen molar-refractivity contribution in [2.24, 2.45) is 0 Å². The minimum Gasteiger partial charge on any atom is -0.472 e. The summed E-state index contributed by atoms with van der Waals surface area (Å²) in [5.41, 5.74) is 1.35. The van der Waals surface area contributed by atoms with Crippen LogP contribution in [0.3, 0.4) is 0 Å². The number of hydrogen-bond acceptors (Lipinski definition) is 2. The van der Waals surface area contributed by atoms with E-state index in [-0.39, 0.29) is 6.04 Å². The number of furan rings is 1. The van der Waals surface area contributed by atoms with E-state index in [1.54, 1.807) is 24.7 Å². The molecule has 0 aliphatic rings. The molecule has 1 atom stereocenters. The predicted octanol–water partition coefficient (Wildman–Crippen LogP) is 4.06. The Labute approximate surface area is 122 Å². The van der Waals surface area contributed by atoms with Gasteiger partial charge in [0, 0.05) is 6.04 Å². The highest BCUT2D eigenvalue weighted by Gasteiger charge is 2.29. The zero-order chi connectivity index (χ0) is 15.3. The number of benzene rings is 1. The lowest BCUT2D eigenvalue weighted by Crippen LogP contribution is -2.32. The summed E-state index contributed by atoms with van der Waals surface area (Å²) in [6.45, 7) is 2.82. The van der Waals surface area contributed by atoms with E-state index in [9.17, 15) is 13.2 Å². The van der Waals surface area contributed by atoms with Crippen molar-refractivity contribution < 1.29 is 17.6 Å². The second-order valence-electron chi connectivity index (χ2n) is 4.99. The van der Waals surface area contributed by atoms with Gasteiger partial charge in [0.15, 0.2) is 0 Å². The van der Waals surface area contributed by atoms with Crippen LogP contribution in [0.15, 0.2) is 47.3 Å². The van der Waals surface area contributed by atoms with Crippen LogP contribution in [0.1, 0.15) is 23.6 Å². The molecule has 114 valence electrons. The number of nitrogens with one attached hydrogen (secondary N) is 1. The molecule has 1 aromatic heterocycles. The number of hydrogen-bond donors (Lipinski definition) is 1. The van der Waals surface area contributed by atoms with Crippen molar-refractivity contribution in [3.05, 3.63) is 59.5 Å². The third kappa shape index (κ3) is 4.63. The zero-order valence-electron chi connectivity index (χ0n) is 11.8. The minimum absolute atomic E-state index is 0.171. The highest BCUT2D eigenvalue weighted by Crippen LogP contribution is 2.29. The zero-order valence-corrected chi connectivity index (χ0v) is 11.8. The predicted molar refractivity (Wildman–Crippen MR) is 75.0 cm³/mol. The van der Waals surface area contributed by atoms with Crippen molar-refractivity contribution in [3.8, 4) is 0 Å². The molecule has 0 spiro atoms. The van der Waals surface area contributed by atoms with Crippen LogP contribution in [-0.2, 0) is 19.0 Å². The van der Waals surface area contributed by atoms with Crippen LogP contribution in [0.5, 0.6) is 0 Å². The highest BCUT2D eigenvalue weighted by atomic mass is 19.4. The third-order valence-electron chi connectivity index (χ3n) is 3.32. The number of rotatable bonds is 6. The van der Waals surface area contributed by atoms with Crippen molar-refractivity contribution >= 4 is 0 Å². The van der Waals surface area contributed by atoms with Crippen LogP contribution < -0.4 is 5.32 Å². The van der Waals surface area contributed by atoms with E-state index in [4.69, 9.17) is 4.42 Å². The Balaban J connectivity index is 2.02. The van der Waals surface area contributed by atoms with Gasteiger partial charge in [-0.2, -0.15) is 13.2 Å². The molecule has 1 aromatic carbocycles. The first-order valence-electron chi connectivity index (χ1n) is 6.89. The van der Waals surface area contributed by atoms with E-state index in [0.717, 1.165) is 36.2 Å². The van der Waals surface area contributed by atoms with Gasteiger partial charge < -0.3 is 9.73 Å². The molecule has 0 bridgehead atoms. The Bertz CT molecular complexity index is 532. The lowest BCUT2D eigenvalue weighted by molar-refractivity contribution is -0.137. The number of halogens is 3. The molecule has 0 aliphatic carbocycles. The van der Waals surface area contributed by atoms with E-state index in [0.29, 0.717) is 6.42 Å². The molecule has 0 amide bonds. The average Bonchev–Trinajstić information content (AvgIpc) is 2.91. The minimum atomic E-state index is -4.28. The first-order chi connectivity index (χ1) is 9.99. The van der Waals surface area contributed by atoms with Crippen LogP contribution in [0.25, 0.3) is 0 Å². The summed E-state index contributed by atoms with van der Waals surface area (Å²) in [5.74, 6) is 0. The first-order valence-corrected chi connectivity index (χ1v) is 6.89. The SMILES string of the molecule is CCNC(Cc1ccc(C(F)(F)F)cc1)Cc1ccoc1. The van der Waals surface area contributed by atoms with Gasteiger partial charge in [0.1, 0.15) is 0 Å². The molecule has 0 radical (unpaired) electrons. The fourth-order valence-corrected chi connectivity index (χ4v) is 2.31. The van der Waals surface area contributed by atoms with Gasteiger partial charge in [-0.15, -0.1) is 0 Å². The van der Waals surface area contributed by atoms with Gasteiger partial charge in [0.2, 0.25) is 0 Å². The van der Waals surface area contributed by atoms with Crippen molar-refractivity contribution in [1.82, 2.24) is 5.32 Å². The van der Waals surface area contributed by atoms with Crippen molar-refractivity contribution in [1.29, 1.82) is 0 Å². The lowest BCUT2D eigenvalue weighted by atomic mass is 9.99. The quantitative estimate of drug-likeness (QED) is 0.869. The molecule has 1 heterocycles. The monoisotopic (exact) mass is 297 g/mol. The molecule has 0 aliphatic heterocycles. The van der Waals surface area contributed by atoms with E-state index in [2.05, 4.69) is 5.32 Å². The second-order valence-corrected chi connectivity index (χ2v) is 4.99. The topological polar surface area (TPSA) is 25.2 Å². The summed E-state index contributed by atoms with van der Waals surface area (Å²) < 4.78 is 42.6.